The predicted octanol–water partition coefficient (Wildman–Crippen LogP) is 3.79. The number of hydrogen-bond donors (Lipinski definition) is 0. The van der Waals surface area contributed by atoms with Crippen molar-refractivity contribution in [2.75, 3.05) is 13.6 Å². The molecule has 0 saturated heterocycles. The van der Waals surface area contributed by atoms with Gasteiger partial charge in [0.1, 0.15) is 0 Å². The summed E-state index contributed by atoms with van der Waals surface area (Å²) in [5, 5.41) is 9.03. The van der Waals surface area contributed by atoms with Crippen LogP contribution in [0.4, 0.5) is 0 Å². The minimum absolute atomic E-state index is 0.285. The van der Waals surface area contributed by atoms with Crippen molar-refractivity contribution in [3.05, 3.63) is 35.4 Å². The molecule has 0 atom stereocenters. The third kappa shape index (κ3) is 4.50. The molecule has 0 spiro atoms. The molecule has 2 heteroatoms. The molecule has 2 nitrogen and oxygen atoms in total. The number of hydrogen-bond acceptors (Lipinski definition) is 2. The Morgan fingerprint density at radius 1 is 1.22 bits per heavy atom. The van der Waals surface area contributed by atoms with Crippen LogP contribution in [0.15, 0.2) is 24.3 Å². The molecular weight excluding hydrogens is 220 g/mol. The molecule has 98 valence electrons. The van der Waals surface area contributed by atoms with Gasteiger partial charge in [0.25, 0.3) is 0 Å². The molecule has 0 radical (unpaired) electrons. The van der Waals surface area contributed by atoms with Crippen LogP contribution in [0.3, 0.4) is 0 Å². The Bertz CT molecular complexity index is 410. The summed E-state index contributed by atoms with van der Waals surface area (Å²) < 4.78 is 0. The van der Waals surface area contributed by atoms with Crippen molar-refractivity contribution in [1.29, 1.82) is 5.26 Å². The molecule has 0 aliphatic carbocycles. The first-order chi connectivity index (χ1) is 8.34. The fourth-order valence-corrected chi connectivity index (χ4v) is 2.09. The lowest BCUT2D eigenvalue weighted by Gasteiger charge is -2.24. The van der Waals surface area contributed by atoms with Gasteiger partial charge in [-0.25, -0.2) is 0 Å². The van der Waals surface area contributed by atoms with Gasteiger partial charge in [0.15, 0.2) is 0 Å². The second kappa shape index (κ2) is 6.02. The van der Waals surface area contributed by atoms with E-state index in [2.05, 4.69) is 56.1 Å². The van der Waals surface area contributed by atoms with Crippen LogP contribution in [-0.2, 0) is 6.54 Å². The van der Waals surface area contributed by atoms with E-state index in [1.807, 2.05) is 13.8 Å². The summed E-state index contributed by atoms with van der Waals surface area (Å²) in [6.07, 6.45) is 0. The highest BCUT2D eigenvalue weighted by atomic mass is 15.1. The molecule has 0 bridgehead atoms. The Labute approximate surface area is 111 Å². The Kier molecular flexibility index (Phi) is 4.93. The van der Waals surface area contributed by atoms with Crippen molar-refractivity contribution < 1.29 is 0 Å². The minimum Gasteiger partial charge on any atom is -0.301 e. The summed E-state index contributed by atoms with van der Waals surface area (Å²) in [4.78, 5) is 2.20. The largest absolute Gasteiger partial charge is 0.301 e. The second-order valence-corrected chi connectivity index (χ2v) is 6.06. The normalized spacial score (nSPS) is 11.9. The topological polar surface area (TPSA) is 27.0 Å². The van der Waals surface area contributed by atoms with Crippen molar-refractivity contribution in [3.8, 4) is 6.07 Å². The molecule has 0 aromatic heterocycles. The molecule has 0 amide bonds. The summed E-state index contributed by atoms with van der Waals surface area (Å²) in [5.74, 6) is 0.578. The Hall–Kier alpha value is -1.33. The highest BCUT2D eigenvalue weighted by molar-refractivity contribution is 5.24. The summed E-state index contributed by atoms with van der Waals surface area (Å²) >= 11 is 0. The van der Waals surface area contributed by atoms with E-state index in [0.29, 0.717) is 5.92 Å². The second-order valence-electron chi connectivity index (χ2n) is 6.06. The lowest BCUT2D eigenvalue weighted by atomic mass is 9.95. The molecule has 1 aromatic carbocycles. The predicted molar refractivity (Wildman–Crippen MR) is 76.3 cm³/mol. The molecule has 1 rings (SSSR count). The van der Waals surface area contributed by atoms with E-state index >= 15 is 0 Å². The fraction of sp³-hybridized carbons (Fsp3) is 0.562. The van der Waals surface area contributed by atoms with Crippen LogP contribution in [0, 0.1) is 16.7 Å². The maximum absolute atomic E-state index is 9.03. The highest BCUT2D eigenvalue weighted by Gasteiger charge is 2.19. The zero-order chi connectivity index (χ0) is 13.8. The van der Waals surface area contributed by atoms with E-state index in [-0.39, 0.29) is 5.41 Å². The van der Waals surface area contributed by atoms with Gasteiger partial charge in [0, 0.05) is 13.1 Å². The van der Waals surface area contributed by atoms with Crippen LogP contribution in [-0.4, -0.2) is 18.5 Å². The average Bonchev–Trinajstić information content (AvgIpc) is 2.29. The van der Waals surface area contributed by atoms with E-state index in [4.69, 9.17) is 5.26 Å². The Morgan fingerprint density at radius 2 is 1.78 bits per heavy atom. The SMILES string of the molecule is CC(C)c1ccc(CN(C)CC(C)(C)C#N)cc1. The minimum atomic E-state index is -0.285. The van der Waals surface area contributed by atoms with Crippen LogP contribution in [0.5, 0.6) is 0 Å². The lowest BCUT2D eigenvalue weighted by molar-refractivity contribution is 0.249. The summed E-state index contributed by atoms with van der Waals surface area (Å²) in [6, 6.07) is 11.1. The standard InChI is InChI=1S/C16H24N2/c1-13(2)15-8-6-14(7-9-15)10-18(5)12-16(3,4)11-17/h6-9,13H,10,12H2,1-5H3. The molecule has 0 heterocycles. The summed E-state index contributed by atoms with van der Waals surface area (Å²) in [5.41, 5.74) is 2.39. The van der Waals surface area contributed by atoms with E-state index < -0.39 is 0 Å². The van der Waals surface area contributed by atoms with E-state index in [1.165, 1.54) is 11.1 Å². The first-order valence-electron chi connectivity index (χ1n) is 6.53. The molecule has 1 aromatic rings. The molecule has 0 saturated carbocycles. The first kappa shape index (κ1) is 14.7. The smallest absolute Gasteiger partial charge is 0.0697 e. The van der Waals surface area contributed by atoms with Crippen molar-refractivity contribution in [3.63, 3.8) is 0 Å². The van der Waals surface area contributed by atoms with Gasteiger partial charge in [0.05, 0.1) is 11.5 Å². The highest BCUT2D eigenvalue weighted by Crippen LogP contribution is 2.18. The van der Waals surface area contributed by atoms with Gasteiger partial charge in [-0.05, 0) is 37.9 Å². The van der Waals surface area contributed by atoms with Crippen molar-refractivity contribution >= 4 is 0 Å². The van der Waals surface area contributed by atoms with Gasteiger partial charge in [-0.3, -0.25) is 0 Å². The van der Waals surface area contributed by atoms with Crippen LogP contribution < -0.4 is 0 Å². The third-order valence-electron chi connectivity index (χ3n) is 3.07. The summed E-state index contributed by atoms with van der Waals surface area (Å²) in [7, 11) is 2.06. The Morgan fingerprint density at radius 3 is 2.22 bits per heavy atom. The van der Waals surface area contributed by atoms with E-state index in [9.17, 15) is 0 Å². The molecule has 18 heavy (non-hydrogen) atoms. The first-order valence-corrected chi connectivity index (χ1v) is 6.53. The number of nitrogens with zero attached hydrogens (tertiary/aromatic N) is 2. The zero-order valence-electron chi connectivity index (χ0n) is 12.2. The number of rotatable bonds is 5. The van der Waals surface area contributed by atoms with Gasteiger partial charge >= 0.3 is 0 Å². The molecule has 0 fully saturated rings. The zero-order valence-corrected chi connectivity index (χ0v) is 12.2. The van der Waals surface area contributed by atoms with Crippen LogP contribution >= 0.6 is 0 Å². The molecular formula is C16H24N2. The van der Waals surface area contributed by atoms with Crippen molar-refractivity contribution in [2.24, 2.45) is 5.41 Å². The summed E-state index contributed by atoms with van der Waals surface area (Å²) in [6.45, 7) is 10.0. The molecule has 0 unspecified atom stereocenters. The van der Waals surface area contributed by atoms with Crippen LogP contribution in [0.25, 0.3) is 0 Å². The van der Waals surface area contributed by atoms with Gasteiger partial charge < -0.3 is 4.90 Å². The monoisotopic (exact) mass is 244 g/mol. The molecule has 0 N–H and O–H groups in total. The van der Waals surface area contributed by atoms with E-state index in [1.54, 1.807) is 0 Å². The quantitative estimate of drug-likeness (QED) is 0.788. The average molecular weight is 244 g/mol. The third-order valence-corrected chi connectivity index (χ3v) is 3.07. The van der Waals surface area contributed by atoms with Gasteiger partial charge in [-0.15, -0.1) is 0 Å². The van der Waals surface area contributed by atoms with Gasteiger partial charge in [-0.2, -0.15) is 5.26 Å². The number of nitriles is 1. The van der Waals surface area contributed by atoms with Crippen molar-refractivity contribution in [1.82, 2.24) is 4.90 Å². The van der Waals surface area contributed by atoms with Gasteiger partial charge in [0.2, 0.25) is 0 Å². The molecule has 0 aliphatic heterocycles. The van der Waals surface area contributed by atoms with Crippen LogP contribution in [0.1, 0.15) is 44.7 Å². The van der Waals surface area contributed by atoms with Gasteiger partial charge in [-0.1, -0.05) is 38.1 Å². The Balaban J connectivity index is 2.60. The molecule has 0 aliphatic rings. The maximum atomic E-state index is 9.03. The maximum Gasteiger partial charge on any atom is 0.0697 e. The van der Waals surface area contributed by atoms with Crippen LogP contribution in [0.2, 0.25) is 0 Å². The lowest BCUT2D eigenvalue weighted by Crippen LogP contribution is -2.29. The number of benzene rings is 1. The van der Waals surface area contributed by atoms with Crippen molar-refractivity contribution in [2.45, 2.75) is 40.2 Å². The fourth-order valence-electron chi connectivity index (χ4n) is 2.09. The van der Waals surface area contributed by atoms with E-state index in [0.717, 1.165) is 13.1 Å².